The van der Waals surface area contributed by atoms with Gasteiger partial charge in [0.15, 0.2) is 0 Å². The Labute approximate surface area is 183 Å². The molecule has 0 bridgehead atoms. The number of hydrogen-bond donors (Lipinski definition) is 2. The van der Waals surface area contributed by atoms with Crippen LogP contribution in [0.1, 0.15) is 30.4 Å². The highest BCUT2D eigenvalue weighted by molar-refractivity contribution is 5.45. The minimum atomic E-state index is 0.302. The fourth-order valence-electron chi connectivity index (χ4n) is 3.54. The van der Waals surface area contributed by atoms with Crippen LogP contribution in [0.5, 0.6) is 23.0 Å². The highest BCUT2D eigenvalue weighted by atomic mass is 16.5. The molecule has 0 saturated heterocycles. The third-order valence-electron chi connectivity index (χ3n) is 5.20. The van der Waals surface area contributed by atoms with Crippen molar-refractivity contribution >= 4 is 11.4 Å². The van der Waals surface area contributed by atoms with Gasteiger partial charge in [-0.1, -0.05) is 31.2 Å². The van der Waals surface area contributed by atoms with Gasteiger partial charge in [0.05, 0.1) is 0 Å². The Morgan fingerprint density at radius 2 is 0.806 bits per heavy atom. The van der Waals surface area contributed by atoms with Crippen molar-refractivity contribution in [2.75, 3.05) is 11.5 Å². The molecule has 4 nitrogen and oxygen atoms in total. The van der Waals surface area contributed by atoms with Crippen molar-refractivity contribution in [1.82, 2.24) is 0 Å². The van der Waals surface area contributed by atoms with E-state index in [9.17, 15) is 0 Å². The van der Waals surface area contributed by atoms with Crippen LogP contribution in [0.3, 0.4) is 0 Å². The predicted molar refractivity (Wildman–Crippen MR) is 127 cm³/mol. The number of benzene rings is 4. The van der Waals surface area contributed by atoms with Crippen molar-refractivity contribution in [2.24, 2.45) is 0 Å². The first-order valence-electron chi connectivity index (χ1n) is 10.4. The van der Waals surface area contributed by atoms with Crippen LogP contribution in [0, 0.1) is 0 Å². The molecule has 4 aromatic rings. The van der Waals surface area contributed by atoms with Crippen LogP contribution in [0.2, 0.25) is 0 Å². The van der Waals surface area contributed by atoms with Crippen LogP contribution < -0.4 is 20.9 Å². The second-order valence-electron chi connectivity index (χ2n) is 7.44. The van der Waals surface area contributed by atoms with E-state index in [2.05, 4.69) is 31.2 Å². The molecule has 0 radical (unpaired) electrons. The first kappa shape index (κ1) is 20.4. The molecule has 4 rings (SSSR count). The second kappa shape index (κ2) is 9.26. The van der Waals surface area contributed by atoms with Gasteiger partial charge in [-0.05, 0) is 90.3 Å². The molecule has 0 heterocycles. The van der Waals surface area contributed by atoms with E-state index in [1.54, 1.807) is 0 Å². The highest BCUT2D eigenvalue weighted by Gasteiger charge is 2.13. The Morgan fingerprint density at radius 1 is 0.516 bits per heavy atom. The fourth-order valence-corrected chi connectivity index (χ4v) is 3.54. The van der Waals surface area contributed by atoms with Crippen LogP contribution in [0.25, 0.3) is 0 Å². The van der Waals surface area contributed by atoms with Gasteiger partial charge in [0.1, 0.15) is 23.0 Å². The third-order valence-corrected chi connectivity index (χ3v) is 5.20. The Hall–Kier alpha value is -3.92. The van der Waals surface area contributed by atoms with Gasteiger partial charge in [-0.25, -0.2) is 0 Å². The van der Waals surface area contributed by atoms with E-state index in [1.165, 1.54) is 11.1 Å². The summed E-state index contributed by atoms with van der Waals surface area (Å²) in [7, 11) is 0. The average molecular weight is 411 g/mol. The molecule has 0 saturated carbocycles. The smallest absolute Gasteiger partial charge is 0.127 e. The van der Waals surface area contributed by atoms with E-state index >= 15 is 0 Å². The monoisotopic (exact) mass is 410 g/mol. The predicted octanol–water partition coefficient (Wildman–Crippen LogP) is 6.98. The van der Waals surface area contributed by atoms with Crippen molar-refractivity contribution in [3.63, 3.8) is 0 Å². The topological polar surface area (TPSA) is 70.5 Å². The molecular weight excluding hydrogens is 384 g/mol. The SMILES string of the molecule is CCC(c1ccc(Oc2ccc(N)cc2)cc1)c1ccc(Oc2ccc(N)cc2)cc1. The summed E-state index contributed by atoms with van der Waals surface area (Å²) in [5.74, 6) is 3.44. The van der Waals surface area contributed by atoms with Crippen LogP contribution in [0.4, 0.5) is 11.4 Å². The molecule has 4 N–H and O–H groups in total. The highest BCUT2D eigenvalue weighted by Crippen LogP contribution is 2.32. The van der Waals surface area contributed by atoms with Crippen LogP contribution >= 0.6 is 0 Å². The van der Waals surface area contributed by atoms with Crippen LogP contribution in [-0.4, -0.2) is 0 Å². The maximum absolute atomic E-state index is 5.91. The summed E-state index contributed by atoms with van der Waals surface area (Å²) in [6.45, 7) is 2.20. The number of nitrogens with two attached hydrogens (primary N) is 2. The van der Waals surface area contributed by atoms with Crippen LogP contribution in [0.15, 0.2) is 97.1 Å². The summed E-state index contributed by atoms with van der Waals surface area (Å²) in [6, 6.07) is 31.3. The molecule has 0 fully saturated rings. The van der Waals surface area contributed by atoms with Crippen molar-refractivity contribution in [3.8, 4) is 23.0 Å². The molecule has 4 heteroatoms. The molecular formula is C27H26N2O2. The molecule has 0 aliphatic rings. The molecule has 0 aliphatic carbocycles. The van der Waals surface area contributed by atoms with E-state index in [0.29, 0.717) is 5.92 Å². The lowest BCUT2D eigenvalue weighted by Crippen LogP contribution is -2.00. The fraction of sp³-hybridized carbons (Fsp3) is 0.111. The molecule has 156 valence electrons. The zero-order valence-electron chi connectivity index (χ0n) is 17.5. The standard InChI is InChI=1S/C27H26N2O2/c1-2-27(19-3-11-23(12-4-19)30-25-15-7-21(28)8-16-25)20-5-13-24(14-6-20)31-26-17-9-22(29)10-18-26/h3-18,27H,2,28-29H2,1H3. The van der Waals surface area contributed by atoms with Gasteiger partial charge < -0.3 is 20.9 Å². The maximum atomic E-state index is 5.91. The van der Waals surface area contributed by atoms with E-state index in [-0.39, 0.29) is 0 Å². The number of nitrogen functional groups attached to an aromatic ring is 2. The zero-order chi connectivity index (χ0) is 21.6. The van der Waals surface area contributed by atoms with Crippen molar-refractivity contribution in [2.45, 2.75) is 19.3 Å². The quantitative estimate of drug-likeness (QED) is 0.323. The molecule has 31 heavy (non-hydrogen) atoms. The second-order valence-corrected chi connectivity index (χ2v) is 7.44. The molecule has 4 aromatic carbocycles. The zero-order valence-corrected chi connectivity index (χ0v) is 17.5. The number of ether oxygens (including phenoxy) is 2. The van der Waals surface area contributed by atoms with Gasteiger partial charge in [-0.2, -0.15) is 0 Å². The number of anilines is 2. The van der Waals surface area contributed by atoms with Gasteiger partial charge >= 0.3 is 0 Å². The molecule has 0 spiro atoms. The lowest BCUT2D eigenvalue weighted by molar-refractivity contribution is 0.482. The lowest BCUT2D eigenvalue weighted by Gasteiger charge is -2.17. The Balaban J connectivity index is 1.45. The normalized spacial score (nSPS) is 10.8. The first-order valence-corrected chi connectivity index (χ1v) is 10.4. The lowest BCUT2D eigenvalue weighted by atomic mass is 9.89. The Bertz CT molecular complexity index is 1010. The number of rotatable bonds is 7. The summed E-state index contributed by atoms with van der Waals surface area (Å²) in [4.78, 5) is 0. The van der Waals surface area contributed by atoms with Crippen molar-refractivity contribution < 1.29 is 9.47 Å². The summed E-state index contributed by atoms with van der Waals surface area (Å²) >= 11 is 0. The first-order chi connectivity index (χ1) is 15.1. The minimum Gasteiger partial charge on any atom is -0.457 e. The van der Waals surface area contributed by atoms with Gasteiger partial charge in [-0.15, -0.1) is 0 Å². The third kappa shape index (κ3) is 5.17. The summed E-state index contributed by atoms with van der Waals surface area (Å²) in [6.07, 6.45) is 0.996. The summed E-state index contributed by atoms with van der Waals surface area (Å²) < 4.78 is 11.8. The average Bonchev–Trinajstić information content (AvgIpc) is 2.80. The molecule has 0 amide bonds. The van der Waals surface area contributed by atoms with Gasteiger partial charge in [0.25, 0.3) is 0 Å². The van der Waals surface area contributed by atoms with Crippen molar-refractivity contribution in [3.05, 3.63) is 108 Å². The van der Waals surface area contributed by atoms with E-state index < -0.39 is 0 Å². The largest absolute Gasteiger partial charge is 0.457 e. The van der Waals surface area contributed by atoms with Gasteiger partial charge in [-0.3, -0.25) is 0 Å². The summed E-state index contributed by atoms with van der Waals surface area (Å²) in [5.41, 5.74) is 15.4. The van der Waals surface area contributed by atoms with E-state index in [4.69, 9.17) is 20.9 Å². The Kier molecular flexibility index (Phi) is 6.08. The molecule has 0 aromatic heterocycles. The van der Waals surface area contributed by atoms with Gasteiger partial charge in [0, 0.05) is 17.3 Å². The van der Waals surface area contributed by atoms with Crippen molar-refractivity contribution in [1.29, 1.82) is 0 Å². The summed E-state index contributed by atoms with van der Waals surface area (Å²) in [5, 5.41) is 0. The van der Waals surface area contributed by atoms with Crippen LogP contribution in [-0.2, 0) is 0 Å². The van der Waals surface area contributed by atoms with E-state index in [0.717, 1.165) is 40.8 Å². The van der Waals surface area contributed by atoms with Gasteiger partial charge in [0.2, 0.25) is 0 Å². The molecule has 0 unspecified atom stereocenters. The molecule has 0 aliphatic heterocycles. The Morgan fingerprint density at radius 3 is 1.10 bits per heavy atom. The maximum Gasteiger partial charge on any atom is 0.127 e. The number of hydrogen-bond acceptors (Lipinski definition) is 4. The van der Waals surface area contributed by atoms with E-state index in [1.807, 2.05) is 72.8 Å². The minimum absolute atomic E-state index is 0.302. The molecule has 0 atom stereocenters.